The Kier molecular flexibility index (Phi) is 2.82. The van der Waals surface area contributed by atoms with Gasteiger partial charge in [0.25, 0.3) is 5.91 Å². The minimum absolute atomic E-state index is 0.0984. The molecule has 3 heterocycles. The van der Waals surface area contributed by atoms with Crippen LogP contribution < -0.4 is 4.90 Å². The second-order valence-electron chi connectivity index (χ2n) is 5.26. The van der Waals surface area contributed by atoms with E-state index in [1.54, 1.807) is 11.9 Å². The number of aliphatic imine (C=N–C) groups is 1. The number of anilines is 1. The molecule has 0 bridgehead atoms. The Morgan fingerprint density at radius 3 is 2.86 bits per heavy atom. The molecule has 0 saturated heterocycles. The molecule has 22 heavy (non-hydrogen) atoms. The molecule has 2 aliphatic rings. The lowest BCUT2D eigenvalue weighted by atomic mass is 10.2. The van der Waals surface area contributed by atoms with Crippen molar-refractivity contribution < 1.29 is 4.79 Å². The maximum Gasteiger partial charge on any atom is 0.280 e. The lowest BCUT2D eigenvalue weighted by molar-refractivity contribution is 0.0860. The van der Waals surface area contributed by atoms with Crippen LogP contribution in [0.4, 0.5) is 5.82 Å². The molecule has 0 unspecified atom stereocenters. The van der Waals surface area contributed by atoms with E-state index in [2.05, 4.69) is 15.0 Å². The van der Waals surface area contributed by atoms with Crippen LogP contribution >= 0.6 is 0 Å². The van der Waals surface area contributed by atoms with Crippen molar-refractivity contribution in [2.75, 3.05) is 25.0 Å². The van der Waals surface area contributed by atoms with Crippen molar-refractivity contribution in [1.29, 1.82) is 0 Å². The largest absolute Gasteiger partial charge is 0.333 e. The SMILES string of the molecule is CN1C(=O)c2[nH]c(C=Cc3ccccc3)nc2N2CCN=C12. The van der Waals surface area contributed by atoms with Crippen LogP contribution in [0.5, 0.6) is 0 Å². The van der Waals surface area contributed by atoms with Gasteiger partial charge in [-0.3, -0.25) is 19.6 Å². The first-order chi connectivity index (χ1) is 10.7. The second kappa shape index (κ2) is 4.84. The highest BCUT2D eigenvalue weighted by Crippen LogP contribution is 2.28. The van der Waals surface area contributed by atoms with E-state index < -0.39 is 0 Å². The van der Waals surface area contributed by atoms with Gasteiger partial charge in [-0.1, -0.05) is 36.4 Å². The van der Waals surface area contributed by atoms with E-state index in [1.165, 1.54) is 0 Å². The van der Waals surface area contributed by atoms with Gasteiger partial charge in [-0.25, -0.2) is 4.98 Å². The lowest BCUT2D eigenvalue weighted by Crippen LogP contribution is -2.48. The summed E-state index contributed by atoms with van der Waals surface area (Å²) < 4.78 is 0. The van der Waals surface area contributed by atoms with Crippen molar-refractivity contribution in [2.24, 2.45) is 4.99 Å². The van der Waals surface area contributed by atoms with Crippen molar-refractivity contribution in [1.82, 2.24) is 14.9 Å². The van der Waals surface area contributed by atoms with Crippen LogP contribution in [0.25, 0.3) is 12.2 Å². The molecule has 0 aliphatic carbocycles. The zero-order chi connectivity index (χ0) is 15.1. The maximum absolute atomic E-state index is 12.4. The number of guanidine groups is 1. The summed E-state index contributed by atoms with van der Waals surface area (Å²) in [5.74, 6) is 1.93. The van der Waals surface area contributed by atoms with E-state index in [-0.39, 0.29) is 5.91 Å². The fourth-order valence-corrected chi connectivity index (χ4v) is 2.73. The number of rotatable bonds is 2. The van der Waals surface area contributed by atoms with Gasteiger partial charge in [0, 0.05) is 13.6 Å². The first kappa shape index (κ1) is 12.8. The van der Waals surface area contributed by atoms with Crippen LogP contribution in [0, 0.1) is 0 Å². The van der Waals surface area contributed by atoms with Crippen molar-refractivity contribution in [3.63, 3.8) is 0 Å². The number of carbonyl (C=O) groups excluding carboxylic acids is 1. The number of hydrogen-bond acceptors (Lipinski definition) is 4. The molecule has 1 aromatic heterocycles. The third-order valence-electron chi connectivity index (χ3n) is 3.83. The standard InChI is InChI=1S/C16H15N5O/c1-20-15(22)13-14(21-10-9-17-16(20)21)19-12(18-13)8-7-11-5-3-2-4-6-11/h2-8H,9-10H2,1H3,(H,18,19). The number of hydrogen-bond donors (Lipinski definition) is 1. The highest BCUT2D eigenvalue weighted by Gasteiger charge is 2.37. The third-order valence-corrected chi connectivity index (χ3v) is 3.83. The molecule has 6 heteroatoms. The first-order valence-electron chi connectivity index (χ1n) is 7.17. The van der Waals surface area contributed by atoms with Gasteiger partial charge >= 0.3 is 0 Å². The van der Waals surface area contributed by atoms with Crippen LogP contribution in [0.1, 0.15) is 21.9 Å². The minimum Gasteiger partial charge on any atom is -0.333 e. The zero-order valence-corrected chi connectivity index (χ0v) is 12.2. The van der Waals surface area contributed by atoms with E-state index in [0.29, 0.717) is 29.8 Å². The van der Waals surface area contributed by atoms with Crippen LogP contribution in [0.3, 0.4) is 0 Å². The molecule has 0 saturated carbocycles. The summed E-state index contributed by atoms with van der Waals surface area (Å²) in [7, 11) is 1.74. The van der Waals surface area contributed by atoms with Crippen molar-refractivity contribution in [3.05, 3.63) is 47.4 Å². The van der Waals surface area contributed by atoms with Crippen LogP contribution in [0.15, 0.2) is 35.3 Å². The van der Waals surface area contributed by atoms with E-state index in [9.17, 15) is 4.79 Å². The monoisotopic (exact) mass is 293 g/mol. The summed E-state index contributed by atoms with van der Waals surface area (Å²) in [6.45, 7) is 1.45. The molecule has 1 amide bonds. The number of nitrogens with zero attached hydrogens (tertiary/aromatic N) is 4. The Hall–Kier alpha value is -2.89. The highest BCUT2D eigenvalue weighted by molar-refractivity contribution is 6.17. The van der Waals surface area contributed by atoms with Crippen molar-refractivity contribution >= 4 is 29.8 Å². The van der Waals surface area contributed by atoms with Gasteiger partial charge in [-0.2, -0.15) is 0 Å². The number of carbonyl (C=O) groups is 1. The van der Waals surface area contributed by atoms with Gasteiger partial charge in [0.05, 0.1) is 6.54 Å². The first-order valence-corrected chi connectivity index (χ1v) is 7.17. The summed E-state index contributed by atoms with van der Waals surface area (Å²) in [6, 6.07) is 9.98. The Bertz CT molecular complexity index is 790. The predicted octanol–water partition coefficient (Wildman–Crippen LogP) is 1.84. The van der Waals surface area contributed by atoms with Gasteiger partial charge in [0.15, 0.2) is 5.82 Å². The quantitative estimate of drug-likeness (QED) is 0.919. The van der Waals surface area contributed by atoms with Gasteiger partial charge in [0.2, 0.25) is 5.96 Å². The number of aromatic nitrogens is 2. The minimum atomic E-state index is -0.0984. The second-order valence-corrected chi connectivity index (χ2v) is 5.26. The zero-order valence-electron chi connectivity index (χ0n) is 12.2. The molecule has 0 fully saturated rings. The molecule has 2 aromatic rings. The topological polar surface area (TPSA) is 64.6 Å². The highest BCUT2D eigenvalue weighted by atomic mass is 16.2. The summed E-state index contributed by atoms with van der Waals surface area (Å²) >= 11 is 0. The summed E-state index contributed by atoms with van der Waals surface area (Å²) in [4.78, 5) is 27.9. The van der Waals surface area contributed by atoms with Crippen molar-refractivity contribution in [3.8, 4) is 0 Å². The Morgan fingerprint density at radius 1 is 1.23 bits per heavy atom. The molecular weight excluding hydrogens is 278 g/mol. The Morgan fingerprint density at radius 2 is 2.05 bits per heavy atom. The third kappa shape index (κ3) is 1.92. The predicted molar refractivity (Wildman–Crippen MR) is 85.7 cm³/mol. The van der Waals surface area contributed by atoms with Crippen LogP contribution in [-0.2, 0) is 0 Å². The van der Waals surface area contributed by atoms with E-state index >= 15 is 0 Å². The number of imidazole rings is 1. The summed E-state index contributed by atoms with van der Waals surface area (Å²) in [5, 5.41) is 0. The average Bonchev–Trinajstić information content (AvgIpc) is 3.18. The van der Waals surface area contributed by atoms with Gasteiger partial charge < -0.3 is 4.98 Å². The van der Waals surface area contributed by atoms with Crippen molar-refractivity contribution in [2.45, 2.75) is 0 Å². The fourth-order valence-electron chi connectivity index (χ4n) is 2.73. The van der Waals surface area contributed by atoms with Gasteiger partial charge in [0.1, 0.15) is 11.5 Å². The number of aromatic amines is 1. The summed E-state index contributed by atoms with van der Waals surface area (Å²) in [6.07, 6.45) is 3.85. The molecule has 1 N–H and O–H groups in total. The molecule has 0 atom stereocenters. The molecular formula is C16H15N5O. The van der Waals surface area contributed by atoms with E-state index in [4.69, 9.17) is 0 Å². The molecule has 0 radical (unpaired) electrons. The molecule has 4 rings (SSSR count). The molecule has 1 aromatic carbocycles. The number of nitrogens with one attached hydrogen (secondary N) is 1. The fraction of sp³-hybridized carbons (Fsp3) is 0.188. The van der Waals surface area contributed by atoms with E-state index in [0.717, 1.165) is 12.1 Å². The number of fused-ring (bicyclic) bond motifs is 3. The Labute approximate surface area is 127 Å². The van der Waals surface area contributed by atoms with Crippen LogP contribution in [0.2, 0.25) is 0 Å². The maximum atomic E-state index is 12.4. The number of benzene rings is 1. The van der Waals surface area contributed by atoms with E-state index in [1.807, 2.05) is 47.4 Å². The van der Waals surface area contributed by atoms with Gasteiger partial charge in [-0.15, -0.1) is 0 Å². The summed E-state index contributed by atoms with van der Waals surface area (Å²) in [5.41, 5.74) is 1.61. The molecule has 2 aliphatic heterocycles. The smallest absolute Gasteiger partial charge is 0.280 e. The molecule has 6 nitrogen and oxygen atoms in total. The molecule has 110 valence electrons. The van der Waals surface area contributed by atoms with Gasteiger partial charge in [-0.05, 0) is 11.6 Å². The Balaban J connectivity index is 1.70. The molecule has 0 spiro atoms. The average molecular weight is 293 g/mol. The number of H-pyrrole nitrogens is 1. The van der Waals surface area contributed by atoms with Crippen LogP contribution in [-0.4, -0.2) is 46.9 Å². The lowest BCUT2D eigenvalue weighted by Gasteiger charge is -2.29. The normalized spacial score (nSPS) is 17.0. The number of amides is 1.